The van der Waals surface area contributed by atoms with E-state index in [4.69, 9.17) is 9.47 Å². The summed E-state index contributed by atoms with van der Waals surface area (Å²) in [6.07, 6.45) is 4.15. The molecule has 0 saturated heterocycles. The van der Waals surface area contributed by atoms with E-state index in [0.717, 1.165) is 37.7 Å². The van der Waals surface area contributed by atoms with Crippen molar-refractivity contribution in [3.8, 4) is 0 Å². The van der Waals surface area contributed by atoms with Crippen molar-refractivity contribution < 1.29 is 29.0 Å². The van der Waals surface area contributed by atoms with Gasteiger partial charge in [0.1, 0.15) is 6.04 Å². The number of hydrogen-bond donors (Lipinski definition) is 3. The van der Waals surface area contributed by atoms with E-state index in [9.17, 15) is 19.5 Å². The van der Waals surface area contributed by atoms with Gasteiger partial charge in [-0.05, 0) is 55.4 Å². The molecule has 37 heavy (non-hydrogen) atoms. The van der Waals surface area contributed by atoms with Gasteiger partial charge in [0.25, 0.3) is 0 Å². The minimum Gasteiger partial charge on any atom is -0.390 e. The van der Waals surface area contributed by atoms with Gasteiger partial charge in [0, 0.05) is 26.6 Å². The Balaban J connectivity index is 1.66. The maximum absolute atomic E-state index is 13.4. The topological polar surface area (TPSA) is 114 Å². The van der Waals surface area contributed by atoms with E-state index in [1.165, 1.54) is 14.2 Å². The fraction of sp³-hybridized carbons (Fsp3) is 0.690. The largest absolute Gasteiger partial charge is 0.390 e. The SMILES string of the molecule is COCC(CC(=O)C(COC)NC(=O)C1CCC(C)C1)C(=O)NC(Cc1ccccc1)C(O)C1(C)CC1. The number of aliphatic hydroxyl groups is 1. The smallest absolute Gasteiger partial charge is 0.226 e. The summed E-state index contributed by atoms with van der Waals surface area (Å²) in [6, 6.07) is 8.43. The van der Waals surface area contributed by atoms with Gasteiger partial charge in [-0.1, -0.05) is 44.2 Å². The summed E-state index contributed by atoms with van der Waals surface area (Å²) < 4.78 is 10.5. The van der Waals surface area contributed by atoms with Crippen LogP contribution in [-0.2, 0) is 30.3 Å². The summed E-state index contributed by atoms with van der Waals surface area (Å²) >= 11 is 0. The minimum atomic E-state index is -0.823. The lowest BCUT2D eigenvalue weighted by atomic mass is 9.89. The van der Waals surface area contributed by atoms with E-state index in [2.05, 4.69) is 17.6 Å². The van der Waals surface area contributed by atoms with E-state index in [-0.39, 0.29) is 48.6 Å². The van der Waals surface area contributed by atoms with Crippen molar-refractivity contribution in [2.75, 3.05) is 27.4 Å². The molecule has 0 aliphatic heterocycles. The Morgan fingerprint density at radius 2 is 1.73 bits per heavy atom. The molecule has 8 nitrogen and oxygen atoms in total. The Morgan fingerprint density at radius 1 is 1.05 bits per heavy atom. The van der Waals surface area contributed by atoms with E-state index in [1.807, 2.05) is 37.3 Å². The van der Waals surface area contributed by atoms with Gasteiger partial charge in [0.2, 0.25) is 11.8 Å². The van der Waals surface area contributed by atoms with Gasteiger partial charge in [-0.2, -0.15) is 0 Å². The van der Waals surface area contributed by atoms with Crippen LogP contribution in [0.15, 0.2) is 30.3 Å². The number of ether oxygens (including phenoxy) is 2. The lowest BCUT2D eigenvalue weighted by Crippen LogP contribution is -2.51. The Hall–Kier alpha value is -2.29. The van der Waals surface area contributed by atoms with E-state index in [0.29, 0.717) is 12.3 Å². The van der Waals surface area contributed by atoms with Gasteiger partial charge in [-0.15, -0.1) is 0 Å². The Bertz CT molecular complexity index is 903. The third kappa shape index (κ3) is 8.35. The van der Waals surface area contributed by atoms with Crippen LogP contribution < -0.4 is 10.6 Å². The zero-order valence-electron chi connectivity index (χ0n) is 22.7. The van der Waals surface area contributed by atoms with Crippen LogP contribution in [0, 0.1) is 23.2 Å². The van der Waals surface area contributed by atoms with Crippen molar-refractivity contribution in [3.05, 3.63) is 35.9 Å². The van der Waals surface area contributed by atoms with Crippen LogP contribution in [0.4, 0.5) is 0 Å². The molecule has 8 heteroatoms. The van der Waals surface area contributed by atoms with Crippen molar-refractivity contribution in [1.82, 2.24) is 10.6 Å². The number of rotatable bonds is 15. The number of nitrogens with one attached hydrogen (secondary N) is 2. The van der Waals surface area contributed by atoms with Crippen molar-refractivity contribution in [3.63, 3.8) is 0 Å². The highest BCUT2D eigenvalue weighted by atomic mass is 16.5. The van der Waals surface area contributed by atoms with Gasteiger partial charge >= 0.3 is 0 Å². The highest BCUT2D eigenvalue weighted by Gasteiger charge is 2.48. The van der Waals surface area contributed by atoms with Crippen LogP contribution in [0.5, 0.6) is 0 Å². The normalized spacial score (nSPS) is 23.5. The van der Waals surface area contributed by atoms with Gasteiger partial charge in [0.15, 0.2) is 5.78 Å². The predicted octanol–water partition coefficient (Wildman–Crippen LogP) is 2.66. The molecule has 0 aromatic heterocycles. The molecule has 3 rings (SSSR count). The number of methoxy groups -OCH3 is 2. The van der Waals surface area contributed by atoms with Crippen LogP contribution in [0.2, 0.25) is 0 Å². The summed E-state index contributed by atoms with van der Waals surface area (Å²) in [6.45, 7) is 4.25. The van der Waals surface area contributed by atoms with E-state index >= 15 is 0 Å². The number of amides is 2. The van der Waals surface area contributed by atoms with E-state index < -0.39 is 24.1 Å². The number of carbonyl (C=O) groups excluding carboxylic acids is 3. The average Bonchev–Trinajstić information content (AvgIpc) is 3.48. The standard InChI is InChI=1S/C29H44N2O6/c1-19-10-11-21(14-19)27(34)31-24(18-37-4)25(32)16-22(17-36-3)28(35)30-23(26(33)29(2)12-13-29)15-20-8-6-5-7-9-20/h5-9,19,21-24,26,33H,10-18H2,1-4H3,(H,30,35)(H,31,34). The first-order chi connectivity index (χ1) is 17.7. The van der Waals surface area contributed by atoms with Crippen LogP contribution in [0.25, 0.3) is 0 Å². The number of Topliss-reactive ketones (excluding diaryl/α,β-unsaturated/α-hetero) is 1. The molecule has 1 aromatic rings. The Labute approximate surface area is 220 Å². The molecule has 206 valence electrons. The molecular weight excluding hydrogens is 472 g/mol. The summed E-state index contributed by atoms with van der Waals surface area (Å²) in [5.74, 6) is -1.09. The van der Waals surface area contributed by atoms with Crippen LogP contribution >= 0.6 is 0 Å². The fourth-order valence-electron chi connectivity index (χ4n) is 5.32. The third-order valence-corrected chi connectivity index (χ3v) is 8.05. The summed E-state index contributed by atoms with van der Waals surface area (Å²) in [4.78, 5) is 39.4. The van der Waals surface area contributed by atoms with Crippen LogP contribution in [-0.4, -0.2) is 68.3 Å². The lowest BCUT2D eigenvalue weighted by Gasteiger charge is -2.30. The highest BCUT2D eigenvalue weighted by Crippen LogP contribution is 2.49. The predicted molar refractivity (Wildman–Crippen MR) is 141 cm³/mol. The van der Waals surface area contributed by atoms with Crippen molar-refractivity contribution >= 4 is 17.6 Å². The molecule has 2 amide bonds. The molecule has 0 heterocycles. The number of ketones is 1. The Morgan fingerprint density at radius 3 is 2.30 bits per heavy atom. The fourth-order valence-corrected chi connectivity index (χ4v) is 5.32. The quantitative estimate of drug-likeness (QED) is 0.330. The van der Waals surface area contributed by atoms with Gasteiger partial charge in [0.05, 0.1) is 31.3 Å². The molecule has 2 aliphatic rings. The second-order valence-corrected chi connectivity index (χ2v) is 11.4. The molecule has 2 saturated carbocycles. The summed E-state index contributed by atoms with van der Waals surface area (Å²) in [5, 5.41) is 17.0. The molecule has 3 N–H and O–H groups in total. The monoisotopic (exact) mass is 516 g/mol. The van der Waals surface area contributed by atoms with Crippen LogP contribution in [0.3, 0.4) is 0 Å². The minimum absolute atomic E-state index is 0.0435. The molecule has 0 radical (unpaired) electrons. The van der Waals surface area contributed by atoms with Crippen LogP contribution in [0.1, 0.15) is 57.9 Å². The van der Waals surface area contributed by atoms with Crippen molar-refractivity contribution in [2.24, 2.45) is 23.2 Å². The zero-order valence-corrected chi connectivity index (χ0v) is 22.7. The first kappa shape index (κ1) is 29.3. The number of aliphatic hydroxyl groups excluding tert-OH is 1. The van der Waals surface area contributed by atoms with Gasteiger partial charge in [-0.25, -0.2) is 0 Å². The molecule has 1 aromatic carbocycles. The van der Waals surface area contributed by atoms with Crippen molar-refractivity contribution in [2.45, 2.75) is 77.0 Å². The third-order valence-electron chi connectivity index (χ3n) is 8.05. The molecule has 6 atom stereocenters. The maximum Gasteiger partial charge on any atom is 0.226 e. The molecule has 0 spiro atoms. The summed E-state index contributed by atoms with van der Waals surface area (Å²) in [7, 11) is 2.97. The Kier molecular flexibility index (Phi) is 10.7. The molecule has 2 fully saturated rings. The average molecular weight is 517 g/mol. The number of carbonyl (C=O) groups is 3. The highest BCUT2D eigenvalue weighted by molar-refractivity contribution is 5.93. The molecular formula is C29H44N2O6. The lowest BCUT2D eigenvalue weighted by molar-refractivity contribution is -0.135. The van der Waals surface area contributed by atoms with Gasteiger partial charge < -0.3 is 25.2 Å². The van der Waals surface area contributed by atoms with Gasteiger partial charge in [-0.3, -0.25) is 14.4 Å². The zero-order chi connectivity index (χ0) is 27.0. The summed E-state index contributed by atoms with van der Waals surface area (Å²) in [5.41, 5.74) is 0.796. The van der Waals surface area contributed by atoms with E-state index in [1.54, 1.807) is 0 Å². The second-order valence-electron chi connectivity index (χ2n) is 11.4. The maximum atomic E-state index is 13.4. The second kappa shape index (κ2) is 13.5. The first-order valence-electron chi connectivity index (χ1n) is 13.5. The number of hydrogen-bond acceptors (Lipinski definition) is 6. The number of benzene rings is 1. The van der Waals surface area contributed by atoms with Crippen molar-refractivity contribution in [1.29, 1.82) is 0 Å². The molecule has 0 bridgehead atoms. The molecule has 6 unspecified atom stereocenters. The molecule has 2 aliphatic carbocycles. The first-order valence-corrected chi connectivity index (χ1v) is 13.5.